The number of ketones is 1. The summed E-state index contributed by atoms with van der Waals surface area (Å²) in [5.41, 5.74) is 6.48. The van der Waals surface area contributed by atoms with Crippen LogP contribution in [0.4, 0.5) is 0 Å². The van der Waals surface area contributed by atoms with Crippen LogP contribution in [0.2, 0.25) is 0 Å². The van der Waals surface area contributed by atoms with E-state index in [0.717, 1.165) is 35.8 Å². The van der Waals surface area contributed by atoms with Crippen molar-refractivity contribution in [2.24, 2.45) is 11.1 Å². The maximum Gasteiger partial charge on any atom is 0.146 e. The molecule has 1 aromatic heterocycles. The molecule has 19 heavy (non-hydrogen) atoms. The van der Waals surface area contributed by atoms with Crippen LogP contribution in [0.5, 0.6) is 0 Å². The minimum atomic E-state index is -0.300. The van der Waals surface area contributed by atoms with E-state index in [1.807, 2.05) is 12.1 Å². The third kappa shape index (κ3) is 3.63. The lowest BCUT2D eigenvalue weighted by Gasteiger charge is -2.29. The third-order valence-corrected chi connectivity index (χ3v) is 4.64. The molecule has 0 radical (unpaired) electrons. The van der Waals surface area contributed by atoms with Crippen LogP contribution in [0, 0.1) is 5.41 Å². The normalized spacial score (nSPS) is 18.8. The van der Waals surface area contributed by atoms with Gasteiger partial charge in [-0.05, 0) is 40.9 Å². The molecule has 0 bridgehead atoms. The highest BCUT2D eigenvalue weighted by atomic mass is 79.9. The molecule has 0 atom stereocenters. The van der Waals surface area contributed by atoms with Crippen LogP contribution in [0.15, 0.2) is 22.8 Å². The maximum absolute atomic E-state index is 12.6. The number of carbonyl (C=O) groups excluding carboxylic acids is 1. The molecular formula is C15H21BrN2O. The van der Waals surface area contributed by atoms with Crippen molar-refractivity contribution in [1.82, 2.24) is 4.98 Å². The Morgan fingerprint density at radius 3 is 2.47 bits per heavy atom. The summed E-state index contributed by atoms with van der Waals surface area (Å²) in [6, 6.07) is 3.83. The van der Waals surface area contributed by atoms with Gasteiger partial charge in [-0.2, -0.15) is 0 Å². The van der Waals surface area contributed by atoms with Gasteiger partial charge in [0.25, 0.3) is 0 Å². The number of halogens is 1. The smallest absolute Gasteiger partial charge is 0.146 e. The molecule has 0 saturated heterocycles. The van der Waals surface area contributed by atoms with E-state index in [0.29, 0.717) is 13.0 Å². The highest BCUT2D eigenvalue weighted by Crippen LogP contribution is 2.35. The predicted molar refractivity (Wildman–Crippen MR) is 79.8 cm³/mol. The Bertz CT molecular complexity index is 422. The highest BCUT2D eigenvalue weighted by Gasteiger charge is 2.36. The molecule has 2 N–H and O–H groups in total. The summed E-state index contributed by atoms with van der Waals surface area (Å²) in [6.45, 7) is 0.475. The van der Waals surface area contributed by atoms with Gasteiger partial charge in [0.05, 0.1) is 0 Å². The van der Waals surface area contributed by atoms with Gasteiger partial charge < -0.3 is 5.73 Å². The summed E-state index contributed by atoms with van der Waals surface area (Å²) in [4.78, 5) is 16.9. The SMILES string of the molecule is NCC1(C(=O)Cc2ccc(Br)cn2)CCCCCC1. The Kier molecular flexibility index (Phi) is 5.11. The molecule has 0 aromatic carbocycles. The summed E-state index contributed by atoms with van der Waals surface area (Å²) in [5, 5.41) is 0. The fourth-order valence-corrected chi connectivity index (χ4v) is 3.10. The Hall–Kier alpha value is -0.740. The molecule has 1 saturated carbocycles. The topological polar surface area (TPSA) is 56.0 Å². The van der Waals surface area contributed by atoms with Crippen molar-refractivity contribution >= 4 is 21.7 Å². The average Bonchev–Trinajstić information content (AvgIpc) is 2.67. The van der Waals surface area contributed by atoms with Crippen LogP contribution in [-0.4, -0.2) is 17.3 Å². The largest absolute Gasteiger partial charge is 0.329 e. The van der Waals surface area contributed by atoms with Crippen LogP contribution in [-0.2, 0) is 11.2 Å². The summed E-state index contributed by atoms with van der Waals surface area (Å²) in [7, 11) is 0. The van der Waals surface area contributed by atoms with Crippen molar-refractivity contribution in [3.8, 4) is 0 Å². The van der Waals surface area contributed by atoms with E-state index in [1.54, 1.807) is 6.20 Å². The van der Waals surface area contributed by atoms with Crippen LogP contribution < -0.4 is 5.73 Å². The van der Waals surface area contributed by atoms with E-state index in [-0.39, 0.29) is 11.2 Å². The lowest BCUT2D eigenvalue weighted by molar-refractivity contribution is -0.128. The number of nitrogens with two attached hydrogens (primary N) is 1. The van der Waals surface area contributed by atoms with E-state index in [9.17, 15) is 4.79 Å². The molecule has 3 nitrogen and oxygen atoms in total. The van der Waals surface area contributed by atoms with Crippen LogP contribution in [0.3, 0.4) is 0 Å². The lowest BCUT2D eigenvalue weighted by Crippen LogP contribution is -2.39. The number of carbonyl (C=O) groups is 1. The van der Waals surface area contributed by atoms with Gasteiger partial charge in [-0.25, -0.2) is 0 Å². The standard InChI is InChI=1S/C15H21BrN2O/c16-12-5-6-13(18-10-12)9-14(19)15(11-17)7-3-1-2-4-8-15/h5-6,10H,1-4,7-9,11,17H2. The van der Waals surface area contributed by atoms with Crippen molar-refractivity contribution in [3.05, 3.63) is 28.5 Å². The molecular weight excluding hydrogens is 304 g/mol. The summed E-state index contributed by atoms with van der Waals surface area (Å²) in [6.07, 6.45) is 8.73. The first-order valence-electron chi connectivity index (χ1n) is 7.00. The van der Waals surface area contributed by atoms with Crippen molar-refractivity contribution in [1.29, 1.82) is 0 Å². The van der Waals surface area contributed by atoms with Gasteiger partial charge in [0.1, 0.15) is 5.78 Å². The van der Waals surface area contributed by atoms with Gasteiger partial charge >= 0.3 is 0 Å². The number of rotatable bonds is 4. The van der Waals surface area contributed by atoms with Gasteiger partial charge in [-0.1, -0.05) is 25.7 Å². The molecule has 1 aliphatic carbocycles. The first kappa shape index (κ1) is 14.7. The number of hydrogen-bond acceptors (Lipinski definition) is 3. The monoisotopic (exact) mass is 324 g/mol. The Balaban J connectivity index is 2.09. The number of pyridine rings is 1. The maximum atomic E-state index is 12.6. The second-order valence-electron chi connectivity index (χ2n) is 5.47. The van der Waals surface area contributed by atoms with Gasteiger partial charge in [0, 0.05) is 34.7 Å². The molecule has 4 heteroatoms. The van der Waals surface area contributed by atoms with Crippen LogP contribution in [0.25, 0.3) is 0 Å². The van der Waals surface area contributed by atoms with Gasteiger partial charge in [-0.15, -0.1) is 0 Å². The third-order valence-electron chi connectivity index (χ3n) is 4.17. The van der Waals surface area contributed by atoms with E-state index >= 15 is 0 Å². The Morgan fingerprint density at radius 1 is 1.26 bits per heavy atom. The number of Topliss-reactive ketones (excluding diaryl/α,β-unsaturated/α-hetero) is 1. The molecule has 0 spiro atoms. The zero-order valence-electron chi connectivity index (χ0n) is 11.2. The Labute approximate surface area is 123 Å². The predicted octanol–water partition coefficient (Wildman–Crippen LogP) is 3.26. The van der Waals surface area contributed by atoms with Crippen LogP contribution >= 0.6 is 15.9 Å². The quantitative estimate of drug-likeness (QED) is 0.865. The van der Waals surface area contributed by atoms with Gasteiger partial charge in [-0.3, -0.25) is 9.78 Å². The van der Waals surface area contributed by atoms with E-state index in [2.05, 4.69) is 20.9 Å². The summed E-state index contributed by atoms with van der Waals surface area (Å²) < 4.78 is 0.937. The zero-order chi connectivity index (χ0) is 13.7. The number of nitrogens with zero attached hydrogens (tertiary/aromatic N) is 1. The number of hydrogen-bond donors (Lipinski definition) is 1. The zero-order valence-corrected chi connectivity index (χ0v) is 12.8. The average molecular weight is 325 g/mol. The fourth-order valence-electron chi connectivity index (χ4n) is 2.87. The van der Waals surface area contributed by atoms with E-state index < -0.39 is 0 Å². The highest BCUT2D eigenvalue weighted by molar-refractivity contribution is 9.10. The van der Waals surface area contributed by atoms with Crippen molar-refractivity contribution in [3.63, 3.8) is 0 Å². The van der Waals surface area contributed by atoms with Crippen molar-refractivity contribution in [2.75, 3.05) is 6.54 Å². The van der Waals surface area contributed by atoms with E-state index in [1.165, 1.54) is 12.8 Å². The van der Waals surface area contributed by atoms with Gasteiger partial charge in [0.2, 0.25) is 0 Å². The van der Waals surface area contributed by atoms with E-state index in [4.69, 9.17) is 5.73 Å². The molecule has 1 aromatic rings. The fraction of sp³-hybridized carbons (Fsp3) is 0.600. The Morgan fingerprint density at radius 2 is 1.95 bits per heavy atom. The molecule has 1 aliphatic rings. The lowest BCUT2D eigenvalue weighted by atomic mass is 9.75. The molecule has 0 amide bonds. The molecule has 0 unspecified atom stereocenters. The molecule has 104 valence electrons. The summed E-state index contributed by atoms with van der Waals surface area (Å²) in [5.74, 6) is 0.270. The second kappa shape index (κ2) is 6.62. The van der Waals surface area contributed by atoms with Gasteiger partial charge in [0.15, 0.2) is 0 Å². The molecule has 0 aliphatic heterocycles. The molecule has 2 rings (SSSR count). The van der Waals surface area contributed by atoms with Crippen molar-refractivity contribution < 1.29 is 4.79 Å². The first-order chi connectivity index (χ1) is 9.16. The molecule has 1 fully saturated rings. The minimum Gasteiger partial charge on any atom is -0.329 e. The first-order valence-corrected chi connectivity index (χ1v) is 7.79. The minimum absolute atomic E-state index is 0.270. The summed E-state index contributed by atoms with van der Waals surface area (Å²) >= 11 is 3.36. The number of aromatic nitrogens is 1. The second-order valence-corrected chi connectivity index (χ2v) is 6.38. The van der Waals surface area contributed by atoms with Crippen molar-refractivity contribution in [2.45, 2.75) is 44.9 Å². The molecule has 1 heterocycles. The van der Waals surface area contributed by atoms with Crippen LogP contribution in [0.1, 0.15) is 44.2 Å².